The number of nitrogens with one attached hydrogen (secondary N) is 1. The van der Waals surface area contributed by atoms with Crippen molar-refractivity contribution in [2.24, 2.45) is 0 Å². The Morgan fingerprint density at radius 3 is 2.00 bits per heavy atom. The van der Waals surface area contributed by atoms with Crippen LogP contribution in [0.1, 0.15) is 18.4 Å². The summed E-state index contributed by atoms with van der Waals surface area (Å²) >= 11 is 0. The largest absolute Gasteiger partial charge is 0.356 e. The fourth-order valence-corrected chi connectivity index (χ4v) is 2.01. The van der Waals surface area contributed by atoms with E-state index >= 15 is 0 Å². The van der Waals surface area contributed by atoms with Crippen molar-refractivity contribution in [1.29, 1.82) is 0 Å². The first-order valence-corrected chi connectivity index (χ1v) is 6.03. The molecule has 0 heterocycles. The molecule has 1 heteroatoms. The predicted molar refractivity (Wildman–Crippen MR) is 73.4 cm³/mol. The molecule has 0 amide bonds. The summed E-state index contributed by atoms with van der Waals surface area (Å²) in [7, 11) is 0. The summed E-state index contributed by atoms with van der Waals surface area (Å²) in [5.74, 6) is 0. The van der Waals surface area contributed by atoms with E-state index in [1.54, 1.807) is 0 Å². The second kappa shape index (κ2) is 4.46. The van der Waals surface area contributed by atoms with Gasteiger partial charge in [-0.05, 0) is 48.2 Å². The summed E-state index contributed by atoms with van der Waals surface area (Å²) in [6, 6.07) is 18.9. The van der Waals surface area contributed by atoms with Gasteiger partial charge in [0.2, 0.25) is 0 Å². The Balaban J connectivity index is 1.76. The highest BCUT2D eigenvalue weighted by Crippen LogP contribution is 2.29. The van der Waals surface area contributed by atoms with E-state index in [0.29, 0.717) is 0 Å². The molecule has 2 aromatic rings. The fourth-order valence-electron chi connectivity index (χ4n) is 2.01. The highest BCUT2D eigenvalue weighted by Gasteiger charge is 2.07. The van der Waals surface area contributed by atoms with Crippen LogP contribution in [0.3, 0.4) is 0 Å². The minimum atomic E-state index is 1.13. The van der Waals surface area contributed by atoms with Gasteiger partial charge in [-0.3, -0.25) is 0 Å². The Morgan fingerprint density at radius 1 is 0.765 bits per heavy atom. The molecule has 1 aliphatic rings. The quantitative estimate of drug-likeness (QED) is 0.798. The van der Waals surface area contributed by atoms with Crippen molar-refractivity contribution in [1.82, 2.24) is 0 Å². The maximum absolute atomic E-state index is 3.39. The van der Waals surface area contributed by atoms with Crippen molar-refractivity contribution in [2.75, 3.05) is 5.32 Å². The standard InChI is InChI=1S/C16H15N/c1-2-7-15(8-3-1)17-16-11-9-14(10-12-16)13-5-4-6-13/h1-3,5,7-12,17H,4,6H2. The van der Waals surface area contributed by atoms with Crippen molar-refractivity contribution < 1.29 is 0 Å². The van der Waals surface area contributed by atoms with Crippen LogP contribution in [0.5, 0.6) is 0 Å². The van der Waals surface area contributed by atoms with Gasteiger partial charge in [-0.2, -0.15) is 0 Å². The first kappa shape index (κ1) is 10.2. The molecule has 0 aliphatic heterocycles. The van der Waals surface area contributed by atoms with Crippen molar-refractivity contribution in [3.63, 3.8) is 0 Å². The van der Waals surface area contributed by atoms with Crippen molar-refractivity contribution in [3.8, 4) is 0 Å². The van der Waals surface area contributed by atoms with Crippen molar-refractivity contribution in [2.45, 2.75) is 12.8 Å². The Morgan fingerprint density at radius 2 is 1.41 bits per heavy atom. The molecule has 0 bridgehead atoms. The maximum atomic E-state index is 3.39. The number of para-hydroxylation sites is 1. The van der Waals surface area contributed by atoms with Gasteiger partial charge in [-0.15, -0.1) is 0 Å². The van der Waals surface area contributed by atoms with Crippen LogP contribution in [0, 0.1) is 0 Å². The molecule has 0 unspecified atom stereocenters. The van der Waals surface area contributed by atoms with Crippen LogP contribution in [-0.4, -0.2) is 0 Å². The van der Waals surface area contributed by atoms with Crippen LogP contribution in [0.15, 0.2) is 60.7 Å². The third-order valence-electron chi connectivity index (χ3n) is 3.12. The number of rotatable bonds is 3. The van der Waals surface area contributed by atoms with E-state index in [1.165, 1.54) is 24.0 Å². The summed E-state index contributed by atoms with van der Waals surface area (Å²) in [5.41, 5.74) is 5.11. The lowest BCUT2D eigenvalue weighted by molar-refractivity contribution is 0.988. The molecule has 0 spiro atoms. The molecule has 0 aromatic heterocycles. The monoisotopic (exact) mass is 221 g/mol. The predicted octanol–water partition coefficient (Wildman–Crippen LogP) is 4.61. The minimum absolute atomic E-state index is 1.13. The van der Waals surface area contributed by atoms with Gasteiger partial charge < -0.3 is 5.32 Å². The zero-order valence-corrected chi connectivity index (χ0v) is 9.69. The molecule has 1 nitrogen and oxygen atoms in total. The summed E-state index contributed by atoms with van der Waals surface area (Å²) < 4.78 is 0. The summed E-state index contributed by atoms with van der Waals surface area (Å²) in [5, 5.41) is 3.39. The highest BCUT2D eigenvalue weighted by atomic mass is 14.9. The molecule has 0 radical (unpaired) electrons. The van der Waals surface area contributed by atoms with Crippen LogP contribution in [0.4, 0.5) is 11.4 Å². The molecule has 0 fully saturated rings. The number of hydrogen-bond donors (Lipinski definition) is 1. The molecule has 0 saturated heterocycles. The molecule has 3 rings (SSSR count). The van der Waals surface area contributed by atoms with Crippen LogP contribution in [-0.2, 0) is 0 Å². The Bertz CT molecular complexity index is 523. The van der Waals surface area contributed by atoms with E-state index < -0.39 is 0 Å². The maximum Gasteiger partial charge on any atom is 0.0384 e. The summed E-state index contributed by atoms with van der Waals surface area (Å²) in [6.07, 6.45) is 4.77. The summed E-state index contributed by atoms with van der Waals surface area (Å²) in [4.78, 5) is 0. The Kier molecular flexibility index (Phi) is 2.66. The smallest absolute Gasteiger partial charge is 0.0384 e. The normalized spacial score (nSPS) is 13.8. The van der Waals surface area contributed by atoms with Gasteiger partial charge in [0.05, 0.1) is 0 Å². The van der Waals surface area contributed by atoms with Crippen LogP contribution < -0.4 is 5.32 Å². The van der Waals surface area contributed by atoms with E-state index in [4.69, 9.17) is 0 Å². The van der Waals surface area contributed by atoms with E-state index in [1.807, 2.05) is 18.2 Å². The number of benzene rings is 2. The lowest BCUT2D eigenvalue weighted by Crippen LogP contribution is -1.94. The first-order valence-electron chi connectivity index (χ1n) is 6.03. The molecule has 1 N–H and O–H groups in total. The van der Waals surface area contributed by atoms with Crippen molar-refractivity contribution in [3.05, 3.63) is 66.2 Å². The highest BCUT2D eigenvalue weighted by molar-refractivity contribution is 5.72. The molecule has 17 heavy (non-hydrogen) atoms. The van der Waals surface area contributed by atoms with Crippen LogP contribution in [0.25, 0.3) is 5.57 Å². The van der Waals surface area contributed by atoms with E-state index in [9.17, 15) is 0 Å². The average molecular weight is 221 g/mol. The topological polar surface area (TPSA) is 12.0 Å². The van der Waals surface area contributed by atoms with E-state index in [2.05, 4.69) is 47.8 Å². The Hall–Kier alpha value is -2.02. The number of hydrogen-bond acceptors (Lipinski definition) is 1. The van der Waals surface area contributed by atoms with Gasteiger partial charge in [0.1, 0.15) is 0 Å². The molecular formula is C16H15N. The van der Waals surface area contributed by atoms with Crippen LogP contribution >= 0.6 is 0 Å². The molecule has 84 valence electrons. The van der Waals surface area contributed by atoms with E-state index in [-0.39, 0.29) is 0 Å². The van der Waals surface area contributed by atoms with Gasteiger partial charge in [0, 0.05) is 11.4 Å². The molecule has 1 aliphatic carbocycles. The third kappa shape index (κ3) is 2.23. The zero-order valence-electron chi connectivity index (χ0n) is 9.69. The van der Waals surface area contributed by atoms with Gasteiger partial charge >= 0.3 is 0 Å². The third-order valence-corrected chi connectivity index (χ3v) is 3.12. The zero-order chi connectivity index (χ0) is 11.5. The van der Waals surface area contributed by atoms with Crippen molar-refractivity contribution >= 4 is 16.9 Å². The minimum Gasteiger partial charge on any atom is -0.356 e. The lowest BCUT2D eigenvalue weighted by atomic mass is 9.92. The molecule has 0 saturated carbocycles. The molecular weight excluding hydrogens is 206 g/mol. The van der Waals surface area contributed by atoms with Gasteiger partial charge in [-0.25, -0.2) is 0 Å². The second-order valence-corrected chi connectivity index (χ2v) is 4.34. The van der Waals surface area contributed by atoms with Gasteiger partial charge in [0.15, 0.2) is 0 Å². The first-order chi connectivity index (χ1) is 8.42. The number of allylic oxidation sites excluding steroid dienone is 2. The SMILES string of the molecule is C1=C(c2ccc(Nc3ccccc3)cc2)CC1. The lowest BCUT2D eigenvalue weighted by Gasteiger charge is -2.15. The molecule has 2 aromatic carbocycles. The average Bonchev–Trinajstić information content (AvgIpc) is 2.31. The Labute approximate surface area is 102 Å². The van der Waals surface area contributed by atoms with Gasteiger partial charge in [-0.1, -0.05) is 36.4 Å². The number of anilines is 2. The van der Waals surface area contributed by atoms with Gasteiger partial charge in [0.25, 0.3) is 0 Å². The van der Waals surface area contributed by atoms with E-state index in [0.717, 1.165) is 11.4 Å². The molecule has 0 atom stereocenters. The second-order valence-electron chi connectivity index (χ2n) is 4.34. The fraction of sp³-hybridized carbons (Fsp3) is 0.125. The summed E-state index contributed by atoms with van der Waals surface area (Å²) in [6.45, 7) is 0. The van der Waals surface area contributed by atoms with Crippen LogP contribution in [0.2, 0.25) is 0 Å².